The number of rotatable bonds is 5. The summed E-state index contributed by atoms with van der Waals surface area (Å²) in [6, 6.07) is 12.5. The summed E-state index contributed by atoms with van der Waals surface area (Å²) < 4.78 is 24.4. The molecule has 2 aromatic carbocycles. The van der Waals surface area contributed by atoms with Gasteiger partial charge in [-0.3, -0.25) is 0 Å². The maximum absolute atomic E-state index is 5.57. The number of nitrogens with zero attached hydrogens (tertiary/aromatic N) is 1. The first-order valence-electron chi connectivity index (χ1n) is 9.50. The minimum absolute atomic E-state index is 0.273. The summed E-state index contributed by atoms with van der Waals surface area (Å²) in [5.41, 5.74) is 2.53. The second-order valence-corrected chi connectivity index (χ2v) is 7.00. The Morgan fingerprint density at radius 3 is 2.18 bits per heavy atom. The van der Waals surface area contributed by atoms with Gasteiger partial charge in [-0.25, -0.2) is 4.57 Å². The third kappa shape index (κ3) is 3.01. The molecule has 0 fully saturated rings. The van der Waals surface area contributed by atoms with Gasteiger partial charge in [-0.2, -0.15) is 0 Å². The number of hydrogen-bond donors (Lipinski definition) is 0. The lowest BCUT2D eigenvalue weighted by Crippen LogP contribution is -2.43. The number of benzene rings is 2. The Balaban J connectivity index is 1.91. The van der Waals surface area contributed by atoms with Crippen molar-refractivity contribution in [1.82, 2.24) is 0 Å². The fourth-order valence-electron chi connectivity index (χ4n) is 4.24. The number of fused-ring (bicyclic) bond motifs is 3. The van der Waals surface area contributed by atoms with Crippen molar-refractivity contribution in [2.75, 3.05) is 28.4 Å². The van der Waals surface area contributed by atoms with Crippen LogP contribution in [0.15, 0.2) is 42.6 Å². The third-order valence-corrected chi connectivity index (χ3v) is 5.61. The number of hydrogen-bond acceptors (Lipinski definition) is 4. The van der Waals surface area contributed by atoms with Crippen LogP contribution in [-0.2, 0) is 6.54 Å². The van der Waals surface area contributed by atoms with Gasteiger partial charge < -0.3 is 18.9 Å². The Morgan fingerprint density at radius 2 is 1.46 bits per heavy atom. The number of aromatic nitrogens is 1. The Labute approximate surface area is 165 Å². The van der Waals surface area contributed by atoms with Crippen LogP contribution in [0.5, 0.6) is 23.0 Å². The fourth-order valence-corrected chi connectivity index (χ4v) is 4.24. The summed E-state index contributed by atoms with van der Waals surface area (Å²) in [7, 11) is 6.69. The zero-order valence-corrected chi connectivity index (χ0v) is 16.8. The van der Waals surface area contributed by atoms with Gasteiger partial charge in [0.15, 0.2) is 34.9 Å². The molecule has 5 heteroatoms. The molecule has 0 N–H and O–H groups in total. The van der Waals surface area contributed by atoms with E-state index in [-0.39, 0.29) is 5.92 Å². The highest BCUT2D eigenvalue weighted by Crippen LogP contribution is 2.40. The van der Waals surface area contributed by atoms with Crippen molar-refractivity contribution in [3.8, 4) is 23.0 Å². The molecule has 1 aliphatic rings. The maximum Gasteiger partial charge on any atom is 0.196 e. The first-order chi connectivity index (χ1) is 13.7. The summed E-state index contributed by atoms with van der Waals surface area (Å²) in [6.45, 7) is 1.02. The van der Waals surface area contributed by atoms with E-state index in [9.17, 15) is 0 Å². The van der Waals surface area contributed by atoms with E-state index >= 15 is 0 Å². The average molecular weight is 380 g/mol. The van der Waals surface area contributed by atoms with E-state index in [4.69, 9.17) is 18.9 Å². The largest absolute Gasteiger partial charge is 0.493 e. The molecule has 1 atom stereocenters. The minimum atomic E-state index is 0.273. The van der Waals surface area contributed by atoms with Gasteiger partial charge in [0, 0.05) is 12.5 Å². The second kappa shape index (κ2) is 7.58. The van der Waals surface area contributed by atoms with E-state index in [0.29, 0.717) is 0 Å². The second-order valence-electron chi connectivity index (χ2n) is 7.00. The molecular weight excluding hydrogens is 354 g/mol. The normalized spacial score (nSPS) is 15.8. The van der Waals surface area contributed by atoms with Crippen molar-refractivity contribution >= 4 is 10.8 Å². The SMILES string of the molecule is COc1ccc(C2CCC[n+]3ccc4cc(OC)c(OC)cc4c32)cc1OC. The molecule has 2 heterocycles. The van der Waals surface area contributed by atoms with Crippen LogP contribution in [0.2, 0.25) is 0 Å². The monoisotopic (exact) mass is 380 g/mol. The van der Waals surface area contributed by atoms with Gasteiger partial charge in [0.05, 0.1) is 39.7 Å². The predicted molar refractivity (Wildman–Crippen MR) is 108 cm³/mol. The topological polar surface area (TPSA) is 40.8 Å². The molecule has 5 nitrogen and oxygen atoms in total. The van der Waals surface area contributed by atoms with Crippen LogP contribution in [0.4, 0.5) is 0 Å². The lowest BCUT2D eigenvalue weighted by molar-refractivity contribution is -0.709. The van der Waals surface area contributed by atoms with Gasteiger partial charge in [0.1, 0.15) is 6.54 Å². The van der Waals surface area contributed by atoms with E-state index in [1.807, 2.05) is 6.07 Å². The van der Waals surface area contributed by atoms with Gasteiger partial charge in [-0.05, 0) is 41.6 Å². The van der Waals surface area contributed by atoms with Crippen molar-refractivity contribution in [2.24, 2.45) is 0 Å². The highest BCUT2D eigenvalue weighted by Gasteiger charge is 2.32. The highest BCUT2D eigenvalue weighted by molar-refractivity contribution is 5.87. The smallest absolute Gasteiger partial charge is 0.196 e. The Morgan fingerprint density at radius 1 is 0.786 bits per heavy atom. The molecule has 1 aliphatic heterocycles. The summed E-state index contributed by atoms with van der Waals surface area (Å²) in [5.74, 6) is 3.28. The fraction of sp³-hybridized carbons (Fsp3) is 0.348. The van der Waals surface area contributed by atoms with E-state index in [1.165, 1.54) is 16.6 Å². The van der Waals surface area contributed by atoms with Gasteiger partial charge >= 0.3 is 0 Å². The molecule has 0 aliphatic carbocycles. The average Bonchev–Trinajstić information content (AvgIpc) is 2.76. The molecule has 1 unspecified atom stereocenters. The third-order valence-electron chi connectivity index (χ3n) is 5.61. The van der Waals surface area contributed by atoms with E-state index in [2.05, 4.69) is 41.1 Å². The molecule has 0 saturated carbocycles. The Hall–Kier alpha value is -2.95. The molecular formula is C23H26NO4+. The first kappa shape index (κ1) is 18.4. The Bertz CT molecular complexity index is 1020. The Kier molecular flexibility index (Phi) is 4.99. The van der Waals surface area contributed by atoms with Gasteiger partial charge in [0.25, 0.3) is 0 Å². The van der Waals surface area contributed by atoms with Crippen molar-refractivity contribution in [3.63, 3.8) is 0 Å². The molecule has 0 amide bonds. The minimum Gasteiger partial charge on any atom is -0.493 e. The van der Waals surface area contributed by atoms with Crippen molar-refractivity contribution in [2.45, 2.75) is 25.3 Å². The highest BCUT2D eigenvalue weighted by atomic mass is 16.5. The standard InChI is InChI=1S/C23H26NO4/c1-25-19-8-7-15(12-20(19)26-2)17-6-5-10-24-11-9-16-13-21(27-3)22(28-4)14-18(16)23(17)24/h7-9,11-14,17H,5-6,10H2,1-4H3/q+1. The van der Waals surface area contributed by atoms with Crippen molar-refractivity contribution < 1.29 is 23.5 Å². The van der Waals surface area contributed by atoms with Gasteiger partial charge in [-0.1, -0.05) is 6.07 Å². The zero-order valence-electron chi connectivity index (χ0n) is 16.8. The van der Waals surface area contributed by atoms with Crippen molar-refractivity contribution in [1.29, 1.82) is 0 Å². The predicted octanol–water partition coefficient (Wildman–Crippen LogP) is 4.09. The quantitative estimate of drug-likeness (QED) is 0.625. The lowest BCUT2D eigenvalue weighted by Gasteiger charge is -2.23. The van der Waals surface area contributed by atoms with Crippen LogP contribution in [-0.4, -0.2) is 28.4 Å². The molecule has 0 saturated heterocycles. The van der Waals surface area contributed by atoms with Crippen molar-refractivity contribution in [3.05, 3.63) is 53.9 Å². The molecule has 146 valence electrons. The van der Waals surface area contributed by atoms with Crippen LogP contribution in [0.1, 0.15) is 30.0 Å². The molecule has 3 aromatic rings. The zero-order chi connectivity index (χ0) is 19.7. The molecule has 0 bridgehead atoms. The van der Waals surface area contributed by atoms with Crippen LogP contribution in [0.3, 0.4) is 0 Å². The van der Waals surface area contributed by atoms with Crippen LogP contribution < -0.4 is 23.5 Å². The summed E-state index contributed by atoms with van der Waals surface area (Å²) in [5, 5.41) is 2.34. The number of pyridine rings is 1. The lowest BCUT2D eigenvalue weighted by atomic mass is 9.85. The summed E-state index contributed by atoms with van der Waals surface area (Å²) in [4.78, 5) is 0. The van der Waals surface area contributed by atoms with Gasteiger partial charge in [-0.15, -0.1) is 0 Å². The first-order valence-corrected chi connectivity index (χ1v) is 9.50. The molecule has 28 heavy (non-hydrogen) atoms. The summed E-state index contributed by atoms with van der Waals surface area (Å²) in [6.07, 6.45) is 4.40. The molecule has 4 rings (SSSR count). The number of aryl methyl sites for hydroxylation is 1. The van der Waals surface area contributed by atoms with E-state index in [1.54, 1.807) is 28.4 Å². The molecule has 0 spiro atoms. The van der Waals surface area contributed by atoms with E-state index in [0.717, 1.165) is 47.8 Å². The van der Waals surface area contributed by atoms with E-state index < -0.39 is 0 Å². The molecule has 1 aromatic heterocycles. The summed E-state index contributed by atoms with van der Waals surface area (Å²) >= 11 is 0. The number of ether oxygens (including phenoxy) is 4. The van der Waals surface area contributed by atoms with Crippen LogP contribution >= 0.6 is 0 Å². The maximum atomic E-state index is 5.57. The van der Waals surface area contributed by atoms with Gasteiger partial charge in [0.2, 0.25) is 0 Å². The molecule has 0 radical (unpaired) electrons. The van der Waals surface area contributed by atoms with Crippen LogP contribution in [0, 0.1) is 0 Å². The van der Waals surface area contributed by atoms with Crippen LogP contribution in [0.25, 0.3) is 10.8 Å². The number of methoxy groups -OCH3 is 4.